The molecule has 16 heavy (non-hydrogen) atoms. The number of rotatable bonds is 9. The first-order chi connectivity index (χ1) is 7.43. The Morgan fingerprint density at radius 1 is 1.31 bits per heavy atom. The van der Waals surface area contributed by atoms with Gasteiger partial charge in [0.25, 0.3) is 0 Å². The van der Waals surface area contributed by atoms with Crippen LogP contribution in [0.4, 0.5) is 0 Å². The van der Waals surface area contributed by atoms with Crippen LogP contribution >= 0.6 is 0 Å². The van der Waals surface area contributed by atoms with E-state index in [1.165, 1.54) is 0 Å². The average Bonchev–Trinajstić information content (AvgIpc) is 2.21. The van der Waals surface area contributed by atoms with Crippen LogP contribution in [0, 0.1) is 11.3 Å². The van der Waals surface area contributed by atoms with E-state index in [0.717, 1.165) is 26.0 Å². The number of aliphatic hydroxyl groups is 1. The monoisotopic (exact) mass is 231 g/mol. The van der Waals surface area contributed by atoms with Crippen molar-refractivity contribution in [1.82, 2.24) is 5.32 Å². The first-order valence-corrected chi connectivity index (χ1v) is 6.26. The second kappa shape index (κ2) is 8.04. The SMILES string of the molecule is COCC(NCC(C)(C)CCCO)C(C)C. The highest BCUT2D eigenvalue weighted by Crippen LogP contribution is 2.21. The molecule has 0 aliphatic carbocycles. The van der Waals surface area contributed by atoms with Gasteiger partial charge in [0.1, 0.15) is 0 Å². The molecule has 0 aromatic heterocycles. The summed E-state index contributed by atoms with van der Waals surface area (Å²) in [5, 5.41) is 12.4. The van der Waals surface area contributed by atoms with Gasteiger partial charge in [0.05, 0.1) is 6.61 Å². The maximum atomic E-state index is 8.84. The number of aliphatic hydroxyl groups excluding tert-OH is 1. The molecule has 1 atom stereocenters. The van der Waals surface area contributed by atoms with Gasteiger partial charge in [-0.1, -0.05) is 27.7 Å². The summed E-state index contributed by atoms with van der Waals surface area (Å²) >= 11 is 0. The van der Waals surface area contributed by atoms with E-state index in [0.29, 0.717) is 12.0 Å². The van der Waals surface area contributed by atoms with E-state index in [1.54, 1.807) is 7.11 Å². The summed E-state index contributed by atoms with van der Waals surface area (Å²) in [6.45, 7) is 10.9. The topological polar surface area (TPSA) is 41.5 Å². The van der Waals surface area contributed by atoms with Crippen molar-refractivity contribution in [3.63, 3.8) is 0 Å². The molecule has 2 N–H and O–H groups in total. The van der Waals surface area contributed by atoms with E-state index in [-0.39, 0.29) is 12.0 Å². The lowest BCUT2D eigenvalue weighted by Gasteiger charge is -2.29. The molecule has 0 fully saturated rings. The Balaban J connectivity index is 3.97. The predicted octanol–water partition coefficient (Wildman–Crippen LogP) is 2.05. The highest BCUT2D eigenvalue weighted by atomic mass is 16.5. The standard InChI is InChI=1S/C13H29NO2/c1-11(2)12(9-16-5)14-10-13(3,4)7-6-8-15/h11-12,14-15H,6-10H2,1-5H3. The molecular weight excluding hydrogens is 202 g/mol. The summed E-state index contributed by atoms with van der Waals surface area (Å²) in [4.78, 5) is 0. The van der Waals surface area contributed by atoms with Crippen molar-refractivity contribution in [3.8, 4) is 0 Å². The lowest BCUT2D eigenvalue weighted by Crippen LogP contribution is -2.42. The maximum absolute atomic E-state index is 8.84. The fourth-order valence-electron chi connectivity index (χ4n) is 1.72. The molecule has 1 unspecified atom stereocenters. The zero-order valence-corrected chi connectivity index (χ0v) is 11.5. The van der Waals surface area contributed by atoms with Crippen LogP contribution in [0.2, 0.25) is 0 Å². The normalized spacial score (nSPS) is 14.4. The zero-order chi connectivity index (χ0) is 12.6. The molecular formula is C13H29NO2. The van der Waals surface area contributed by atoms with Gasteiger partial charge in [0.2, 0.25) is 0 Å². The molecule has 0 spiro atoms. The second-order valence-corrected chi connectivity index (χ2v) is 5.68. The van der Waals surface area contributed by atoms with Crippen LogP contribution in [-0.2, 0) is 4.74 Å². The molecule has 0 aromatic carbocycles. The minimum absolute atomic E-state index is 0.240. The van der Waals surface area contributed by atoms with Crippen molar-refractivity contribution in [2.75, 3.05) is 26.9 Å². The van der Waals surface area contributed by atoms with Crippen molar-refractivity contribution in [2.24, 2.45) is 11.3 Å². The fraction of sp³-hybridized carbons (Fsp3) is 1.00. The molecule has 98 valence electrons. The van der Waals surface area contributed by atoms with Gasteiger partial charge in [-0.3, -0.25) is 0 Å². The van der Waals surface area contributed by atoms with Gasteiger partial charge < -0.3 is 15.2 Å². The van der Waals surface area contributed by atoms with Crippen molar-refractivity contribution >= 4 is 0 Å². The van der Waals surface area contributed by atoms with Gasteiger partial charge in [-0.15, -0.1) is 0 Å². The number of methoxy groups -OCH3 is 1. The lowest BCUT2D eigenvalue weighted by atomic mass is 9.87. The number of ether oxygens (including phenoxy) is 1. The van der Waals surface area contributed by atoms with E-state index in [2.05, 4.69) is 33.0 Å². The third-order valence-electron chi connectivity index (χ3n) is 3.01. The average molecular weight is 231 g/mol. The lowest BCUT2D eigenvalue weighted by molar-refractivity contribution is 0.136. The van der Waals surface area contributed by atoms with E-state index in [9.17, 15) is 0 Å². The largest absolute Gasteiger partial charge is 0.396 e. The van der Waals surface area contributed by atoms with Crippen LogP contribution in [0.25, 0.3) is 0 Å². The van der Waals surface area contributed by atoms with Crippen molar-refractivity contribution < 1.29 is 9.84 Å². The Hall–Kier alpha value is -0.120. The van der Waals surface area contributed by atoms with Gasteiger partial charge in [-0.25, -0.2) is 0 Å². The molecule has 3 heteroatoms. The van der Waals surface area contributed by atoms with E-state index < -0.39 is 0 Å². The third-order valence-corrected chi connectivity index (χ3v) is 3.01. The summed E-state index contributed by atoms with van der Waals surface area (Å²) in [6, 6.07) is 0.415. The molecule has 0 saturated carbocycles. The summed E-state index contributed by atoms with van der Waals surface area (Å²) < 4.78 is 5.21. The molecule has 0 radical (unpaired) electrons. The first-order valence-electron chi connectivity index (χ1n) is 6.26. The minimum Gasteiger partial charge on any atom is -0.396 e. The maximum Gasteiger partial charge on any atom is 0.0618 e. The minimum atomic E-state index is 0.240. The smallest absolute Gasteiger partial charge is 0.0618 e. The zero-order valence-electron chi connectivity index (χ0n) is 11.5. The summed E-state index contributed by atoms with van der Waals surface area (Å²) in [6.07, 6.45) is 1.93. The Morgan fingerprint density at radius 3 is 2.38 bits per heavy atom. The second-order valence-electron chi connectivity index (χ2n) is 5.68. The molecule has 0 aromatic rings. The van der Waals surface area contributed by atoms with E-state index in [1.807, 2.05) is 0 Å². The Labute approximate surface area is 101 Å². The number of hydrogen-bond donors (Lipinski definition) is 2. The number of hydrogen-bond acceptors (Lipinski definition) is 3. The van der Waals surface area contributed by atoms with Gasteiger partial charge in [0.15, 0.2) is 0 Å². The Bertz CT molecular complexity index is 169. The van der Waals surface area contributed by atoms with Gasteiger partial charge in [-0.05, 0) is 24.2 Å². The Kier molecular flexibility index (Phi) is 7.98. The highest BCUT2D eigenvalue weighted by Gasteiger charge is 2.20. The Morgan fingerprint density at radius 2 is 1.94 bits per heavy atom. The van der Waals surface area contributed by atoms with Gasteiger partial charge >= 0.3 is 0 Å². The first kappa shape index (κ1) is 15.9. The van der Waals surface area contributed by atoms with Crippen molar-refractivity contribution in [2.45, 2.75) is 46.6 Å². The van der Waals surface area contributed by atoms with Crippen LogP contribution in [0.1, 0.15) is 40.5 Å². The molecule has 0 heterocycles. The molecule has 0 rings (SSSR count). The van der Waals surface area contributed by atoms with Crippen molar-refractivity contribution in [3.05, 3.63) is 0 Å². The van der Waals surface area contributed by atoms with E-state index in [4.69, 9.17) is 9.84 Å². The summed E-state index contributed by atoms with van der Waals surface area (Å²) in [5.41, 5.74) is 0.240. The summed E-state index contributed by atoms with van der Waals surface area (Å²) in [7, 11) is 1.74. The van der Waals surface area contributed by atoms with Crippen LogP contribution < -0.4 is 5.32 Å². The van der Waals surface area contributed by atoms with Crippen LogP contribution in [0.15, 0.2) is 0 Å². The predicted molar refractivity (Wildman–Crippen MR) is 68.6 cm³/mol. The van der Waals surface area contributed by atoms with Crippen molar-refractivity contribution in [1.29, 1.82) is 0 Å². The molecule has 0 aliphatic rings. The summed E-state index contributed by atoms with van der Waals surface area (Å²) in [5.74, 6) is 0.577. The van der Waals surface area contributed by atoms with Gasteiger partial charge in [0, 0.05) is 26.3 Å². The molecule has 0 bridgehead atoms. The molecule has 0 aliphatic heterocycles. The van der Waals surface area contributed by atoms with Crippen LogP contribution in [-0.4, -0.2) is 38.0 Å². The number of nitrogens with one attached hydrogen (secondary N) is 1. The quantitative estimate of drug-likeness (QED) is 0.638. The highest BCUT2D eigenvalue weighted by molar-refractivity contribution is 4.77. The van der Waals surface area contributed by atoms with Gasteiger partial charge in [-0.2, -0.15) is 0 Å². The third kappa shape index (κ3) is 7.20. The molecule has 0 saturated heterocycles. The van der Waals surface area contributed by atoms with Crippen LogP contribution in [0.5, 0.6) is 0 Å². The van der Waals surface area contributed by atoms with E-state index >= 15 is 0 Å². The molecule has 3 nitrogen and oxygen atoms in total. The fourth-order valence-corrected chi connectivity index (χ4v) is 1.72. The molecule has 0 amide bonds. The van der Waals surface area contributed by atoms with Crippen LogP contribution in [0.3, 0.4) is 0 Å².